The van der Waals surface area contributed by atoms with E-state index in [4.69, 9.17) is 9.47 Å². The maximum absolute atomic E-state index is 13.0. The molecular weight excluding hydrogens is 426 g/mol. The van der Waals surface area contributed by atoms with Gasteiger partial charge in [0, 0.05) is 13.2 Å². The van der Waals surface area contributed by atoms with Crippen LogP contribution < -0.4 is 0 Å². The molecule has 0 amide bonds. The molecule has 0 N–H and O–H groups in total. The van der Waals surface area contributed by atoms with E-state index >= 15 is 0 Å². The van der Waals surface area contributed by atoms with Crippen LogP contribution in [-0.2, 0) is 19.1 Å². The predicted octanol–water partition coefficient (Wildman–Crippen LogP) is 6.40. The zero-order chi connectivity index (χ0) is 22.7. The zero-order valence-electron chi connectivity index (χ0n) is 20.4. The van der Waals surface area contributed by atoms with Crippen molar-refractivity contribution in [2.45, 2.75) is 122 Å². The smallest absolute Gasteiger partial charge is 0.265 e. The Morgan fingerprint density at radius 2 is 1.74 bits per heavy atom. The van der Waals surface area contributed by atoms with Crippen molar-refractivity contribution in [3.8, 4) is 0 Å². The molecular formula is C24H45NO4SSi. The van der Waals surface area contributed by atoms with Gasteiger partial charge >= 0.3 is 0 Å². The number of ether oxygens (including phenoxy) is 2. The summed E-state index contributed by atoms with van der Waals surface area (Å²) < 4.78 is 14.1. The van der Waals surface area contributed by atoms with Crippen LogP contribution in [0, 0.1) is 0 Å². The zero-order valence-corrected chi connectivity index (χ0v) is 22.2. The van der Waals surface area contributed by atoms with Crippen molar-refractivity contribution in [2.75, 3.05) is 19.9 Å². The number of hydrogen-bond acceptors (Lipinski definition) is 6. The highest BCUT2D eigenvalue weighted by Crippen LogP contribution is 2.56. The van der Waals surface area contributed by atoms with E-state index in [9.17, 15) is 9.59 Å². The second-order valence-electron chi connectivity index (χ2n) is 9.53. The third-order valence-corrected chi connectivity index (χ3v) is 15.2. The molecule has 0 aromatic carbocycles. The Labute approximate surface area is 195 Å². The maximum Gasteiger partial charge on any atom is 0.265 e. The summed E-state index contributed by atoms with van der Waals surface area (Å²) in [5, 5.41) is -0.343. The second-order valence-corrected chi connectivity index (χ2v) is 15.0. The number of unbranched alkanes of at least 4 members (excludes halogenated alkanes) is 6. The van der Waals surface area contributed by atoms with E-state index in [-0.39, 0.29) is 21.7 Å². The van der Waals surface area contributed by atoms with Gasteiger partial charge in [0.05, 0.1) is 6.10 Å². The van der Waals surface area contributed by atoms with Crippen molar-refractivity contribution in [3.05, 3.63) is 0 Å². The fourth-order valence-electron chi connectivity index (χ4n) is 5.48. The monoisotopic (exact) mass is 471 g/mol. The Morgan fingerprint density at radius 1 is 1.03 bits per heavy atom. The SMILES string of the molecule is CCCCCCCCCOCOC1CCN2SC(=O)C(=O)[Si]2(C)C(CC)(CCC)CC1. The Hall–Kier alpha value is -0.213. The third kappa shape index (κ3) is 6.65. The van der Waals surface area contributed by atoms with Crippen molar-refractivity contribution >= 4 is 30.7 Å². The van der Waals surface area contributed by atoms with Gasteiger partial charge in [-0.2, -0.15) is 0 Å². The van der Waals surface area contributed by atoms with Crippen LogP contribution in [0.3, 0.4) is 0 Å². The Balaban J connectivity index is 1.82. The van der Waals surface area contributed by atoms with E-state index < -0.39 is 8.24 Å². The fraction of sp³-hybridized carbons (Fsp3) is 0.917. The van der Waals surface area contributed by atoms with Crippen LogP contribution >= 0.6 is 11.9 Å². The first-order valence-corrected chi connectivity index (χ1v) is 15.9. The second kappa shape index (κ2) is 13.5. The minimum Gasteiger partial charge on any atom is -0.355 e. The summed E-state index contributed by atoms with van der Waals surface area (Å²) in [7, 11) is -2.53. The van der Waals surface area contributed by atoms with Gasteiger partial charge in [-0.25, -0.2) is 0 Å². The lowest BCUT2D eigenvalue weighted by atomic mass is 9.91. The summed E-state index contributed by atoms with van der Waals surface area (Å²) in [6.45, 7) is 10.7. The van der Waals surface area contributed by atoms with E-state index in [0.29, 0.717) is 6.79 Å². The van der Waals surface area contributed by atoms with Crippen molar-refractivity contribution in [1.82, 2.24) is 3.97 Å². The van der Waals surface area contributed by atoms with Crippen molar-refractivity contribution in [3.63, 3.8) is 0 Å². The fourth-order valence-corrected chi connectivity index (χ4v) is 12.8. The van der Waals surface area contributed by atoms with Crippen LogP contribution in [0.1, 0.15) is 104 Å². The molecule has 2 saturated heterocycles. The van der Waals surface area contributed by atoms with Crippen molar-refractivity contribution in [2.24, 2.45) is 0 Å². The van der Waals surface area contributed by atoms with Gasteiger partial charge in [-0.05, 0) is 55.6 Å². The lowest BCUT2D eigenvalue weighted by Gasteiger charge is -2.49. The van der Waals surface area contributed by atoms with Gasteiger partial charge in [0.15, 0.2) is 0 Å². The molecule has 3 atom stereocenters. The number of nitrogens with zero attached hydrogens (tertiary/aromatic N) is 1. The van der Waals surface area contributed by atoms with E-state index in [1.54, 1.807) is 0 Å². The highest BCUT2D eigenvalue weighted by Gasteiger charge is 2.64. The summed E-state index contributed by atoms with van der Waals surface area (Å²) in [5.74, 6) is 0. The van der Waals surface area contributed by atoms with Crippen molar-refractivity contribution < 1.29 is 19.1 Å². The summed E-state index contributed by atoms with van der Waals surface area (Å²) >= 11 is 1.19. The number of rotatable bonds is 14. The minimum absolute atomic E-state index is 0.0430. The normalized spacial score (nSPS) is 29.7. The standard InChI is InChI=1S/C24H45NO4SSi/c1-5-8-9-10-11-12-13-19-28-20-29-21-14-17-24(7-3,16-6-2)31(4)23(27)22(26)30-25(31)18-15-21/h21H,5-20H2,1-4H3. The Bertz CT molecular complexity index is 578. The molecule has 5 nitrogen and oxygen atoms in total. The van der Waals surface area contributed by atoms with Gasteiger partial charge in [-0.1, -0.05) is 72.1 Å². The predicted molar refractivity (Wildman–Crippen MR) is 131 cm³/mol. The molecule has 0 bridgehead atoms. The molecule has 2 rings (SSSR count). The van der Waals surface area contributed by atoms with Crippen LogP contribution in [0.15, 0.2) is 0 Å². The Morgan fingerprint density at radius 3 is 2.42 bits per heavy atom. The van der Waals surface area contributed by atoms with Crippen LogP contribution in [-0.4, -0.2) is 48.8 Å². The lowest BCUT2D eigenvalue weighted by Crippen LogP contribution is -2.61. The van der Waals surface area contributed by atoms with Crippen molar-refractivity contribution in [1.29, 1.82) is 0 Å². The molecule has 0 aromatic heterocycles. The Kier molecular flexibility index (Phi) is 11.8. The van der Waals surface area contributed by atoms with E-state index in [2.05, 4.69) is 31.3 Å². The molecule has 2 heterocycles. The lowest BCUT2D eigenvalue weighted by molar-refractivity contribution is -0.127. The van der Waals surface area contributed by atoms with E-state index in [1.807, 2.05) is 0 Å². The van der Waals surface area contributed by atoms with E-state index in [0.717, 1.165) is 58.1 Å². The largest absolute Gasteiger partial charge is 0.355 e. The molecule has 3 unspecified atom stereocenters. The van der Waals surface area contributed by atoms with Crippen LogP contribution in [0.4, 0.5) is 0 Å². The third-order valence-electron chi connectivity index (χ3n) is 7.64. The van der Waals surface area contributed by atoms with Crippen LogP contribution in [0.25, 0.3) is 0 Å². The molecule has 0 aliphatic carbocycles. The topological polar surface area (TPSA) is 55.8 Å². The average Bonchev–Trinajstić information content (AvgIpc) is 2.98. The quantitative estimate of drug-likeness (QED) is 0.0960. The summed E-state index contributed by atoms with van der Waals surface area (Å²) in [5.41, 5.74) is 0. The molecule has 2 aliphatic rings. The highest BCUT2D eigenvalue weighted by molar-refractivity contribution is 8.17. The molecule has 0 radical (unpaired) electrons. The van der Waals surface area contributed by atoms with Gasteiger partial charge in [-0.15, -0.1) is 0 Å². The molecule has 2 fully saturated rings. The van der Waals surface area contributed by atoms with Gasteiger partial charge < -0.3 is 9.47 Å². The molecule has 7 heteroatoms. The van der Waals surface area contributed by atoms with Gasteiger partial charge in [0.25, 0.3) is 5.12 Å². The average molecular weight is 472 g/mol. The minimum atomic E-state index is -2.53. The first-order chi connectivity index (χ1) is 14.9. The molecule has 2 aliphatic heterocycles. The van der Waals surface area contributed by atoms with Gasteiger partial charge in [0.2, 0.25) is 13.6 Å². The first kappa shape index (κ1) is 27.0. The van der Waals surface area contributed by atoms with Crippen LogP contribution in [0.2, 0.25) is 11.6 Å². The number of fused-ring (bicyclic) bond motifs is 1. The molecule has 0 spiro atoms. The summed E-state index contributed by atoms with van der Waals surface area (Å²) in [4.78, 5) is 25.4. The summed E-state index contributed by atoms with van der Waals surface area (Å²) in [6.07, 6.45) is 14.9. The highest BCUT2D eigenvalue weighted by atomic mass is 32.2. The number of hydrogen-bond donors (Lipinski definition) is 0. The molecule has 0 saturated carbocycles. The van der Waals surface area contributed by atoms with Gasteiger partial charge in [0.1, 0.15) is 6.79 Å². The molecule has 180 valence electrons. The molecule has 0 aromatic rings. The number of carbonyl (C=O) groups excluding carboxylic acids is 2. The van der Waals surface area contributed by atoms with Gasteiger partial charge in [-0.3, -0.25) is 13.6 Å². The summed E-state index contributed by atoms with van der Waals surface area (Å²) in [6, 6.07) is 0. The first-order valence-electron chi connectivity index (χ1n) is 12.7. The van der Waals surface area contributed by atoms with E-state index in [1.165, 1.54) is 50.5 Å². The maximum atomic E-state index is 13.0. The number of carbonyl (C=O) groups is 2. The van der Waals surface area contributed by atoms with Crippen LogP contribution in [0.5, 0.6) is 0 Å². The molecule has 31 heavy (non-hydrogen) atoms.